The topological polar surface area (TPSA) is 57.5 Å². The van der Waals surface area contributed by atoms with Crippen LogP contribution in [0.1, 0.15) is 0 Å². The lowest BCUT2D eigenvalue weighted by Gasteiger charge is -1.60. The van der Waals surface area contributed by atoms with Gasteiger partial charge in [-0.2, -0.15) is 0 Å². The SMILES string of the molecule is C#CI.O=C(O)O. The van der Waals surface area contributed by atoms with Crippen LogP contribution in [0.15, 0.2) is 0 Å². The second kappa shape index (κ2) is 9.12. The highest BCUT2D eigenvalue weighted by molar-refractivity contribution is 14.1. The van der Waals surface area contributed by atoms with E-state index < -0.39 is 6.16 Å². The van der Waals surface area contributed by atoms with Crippen LogP contribution in [0, 0.1) is 10.4 Å². The Balaban J connectivity index is 0. The fourth-order valence-electron chi connectivity index (χ4n) is 0. The number of terminal acetylenes is 1. The van der Waals surface area contributed by atoms with Crippen LogP contribution < -0.4 is 0 Å². The van der Waals surface area contributed by atoms with Gasteiger partial charge in [0.05, 0.1) is 0 Å². The lowest BCUT2D eigenvalue weighted by Crippen LogP contribution is -1.81. The summed E-state index contributed by atoms with van der Waals surface area (Å²) in [5, 5.41) is 13.9. The van der Waals surface area contributed by atoms with Crippen LogP contribution >= 0.6 is 22.6 Å². The van der Waals surface area contributed by atoms with Crippen molar-refractivity contribution in [3.05, 3.63) is 0 Å². The first-order valence-corrected chi connectivity index (χ1v) is 2.21. The first kappa shape index (κ1) is 9.75. The van der Waals surface area contributed by atoms with Crippen molar-refractivity contribution in [2.45, 2.75) is 0 Å². The quantitative estimate of drug-likeness (QED) is 0.471. The Morgan fingerprint density at radius 2 is 1.71 bits per heavy atom. The summed E-state index contributed by atoms with van der Waals surface area (Å²) in [6, 6.07) is 0. The zero-order chi connectivity index (χ0) is 6.28. The van der Waals surface area contributed by atoms with Crippen LogP contribution in [0.5, 0.6) is 0 Å². The minimum absolute atomic E-state index is 1.82. The van der Waals surface area contributed by atoms with Gasteiger partial charge in [0.1, 0.15) is 0 Å². The molecule has 0 aromatic rings. The van der Waals surface area contributed by atoms with Gasteiger partial charge in [0.15, 0.2) is 0 Å². The molecule has 3 nitrogen and oxygen atoms in total. The van der Waals surface area contributed by atoms with E-state index in [9.17, 15) is 0 Å². The molecule has 0 fully saturated rings. The number of carboxylic acid groups (broad SMARTS) is 2. The van der Waals surface area contributed by atoms with E-state index in [1.807, 2.05) is 22.6 Å². The Labute approximate surface area is 54.5 Å². The van der Waals surface area contributed by atoms with Gasteiger partial charge in [0.25, 0.3) is 0 Å². The molecule has 0 atom stereocenters. The Hall–Kier alpha value is -0.440. The van der Waals surface area contributed by atoms with Crippen LogP contribution in [-0.4, -0.2) is 16.4 Å². The smallest absolute Gasteiger partial charge is 0.450 e. The first-order chi connectivity index (χ1) is 3.15. The molecule has 0 saturated carbocycles. The van der Waals surface area contributed by atoms with Crippen molar-refractivity contribution in [1.29, 1.82) is 0 Å². The fourth-order valence-corrected chi connectivity index (χ4v) is 0. The Bertz CT molecular complexity index is 78.7. The van der Waals surface area contributed by atoms with Crippen molar-refractivity contribution in [2.75, 3.05) is 0 Å². The van der Waals surface area contributed by atoms with E-state index in [1.165, 1.54) is 0 Å². The predicted octanol–water partition coefficient (Wildman–Crippen LogP) is 1.23. The summed E-state index contributed by atoms with van der Waals surface area (Å²) in [7, 11) is 0. The summed E-state index contributed by atoms with van der Waals surface area (Å²) >= 11 is 1.82. The van der Waals surface area contributed by atoms with Gasteiger partial charge in [-0.3, -0.25) is 0 Å². The van der Waals surface area contributed by atoms with Gasteiger partial charge in [-0.05, 0) is 3.93 Å². The standard InChI is InChI=1S/C2HI.CH2O3/c1-2-3;2-1(3)4/h1H;(H2,2,3,4). The van der Waals surface area contributed by atoms with E-state index in [-0.39, 0.29) is 0 Å². The molecule has 0 spiro atoms. The van der Waals surface area contributed by atoms with Gasteiger partial charge in [-0.1, -0.05) is 0 Å². The molecular weight excluding hydrogens is 211 g/mol. The molecule has 40 valence electrons. The molecule has 0 aliphatic carbocycles. The number of hydrogen-bond acceptors (Lipinski definition) is 1. The molecule has 0 saturated heterocycles. The minimum Gasteiger partial charge on any atom is -0.450 e. The van der Waals surface area contributed by atoms with Crippen molar-refractivity contribution < 1.29 is 15.0 Å². The zero-order valence-electron chi connectivity index (χ0n) is 3.26. The highest BCUT2D eigenvalue weighted by atomic mass is 127. The minimum atomic E-state index is -1.83. The third-order valence-corrected chi connectivity index (χ3v) is 0. The third kappa shape index (κ3) is 364. The van der Waals surface area contributed by atoms with Gasteiger partial charge in [0, 0.05) is 22.6 Å². The normalized spacial score (nSPS) is 4.57. The summed E-state index contributed by atoms with van der Waals surface area (Å²) in [6.45, 7) is 0. The molecule has 0 aliphatic rings. The maximum atomic E-state index is 8.56. The average molecular weight is 214 g/mol. The highest BCUT2D eigenvalue weighted by Gasteiger charge is 1.70. The van der Waals surface area contributed by atoms with Crippen LogP contribution in [0.3, 0.4) is 0 Å². The summed E-state index contributed by atoms with van der Waals surface area (Å²) in [5.74, 6) is 0. The monoisotopic (exact) mass is 214 g/mol. The fraction of sp³-hybridized carbons (Fsp3) is 0. The molecule has 4 heteroatoms. The van der Waals surface area contributed by atoms with E-state index in [0.717, 1.165) is 0 Å². The van der Waals surface area contributed by atoms with Crippen LogP contribution in [-0.2, 0) is 0 Å². The van der Waals surface area contributed by atoms with E-state index in [2.05, 4.69) is 10.4 Å². The van der Waals surface area contributed by atoms with Crippen molar-refractivity contribution in [2.24, 2.45) is 0 Å². The maximum Gasteiger partial charge on any atom is 0.503 e. The van der Waals surface area contributed by atoms with Crippen LogP contribution in [0.2, 0.25) is 0 Å². The average Bonchev–Trinajstić information content (AvgIpc) is 1.33. The highest BCUT2D eigenvalue weighted by Crippen LogP contribution is 1.60. The number of halogens is 1. The second-order valence-corrected chi connectivity index (χ2v) is 1.01. The molecule has 0 radical (unpaired) electrons. The van der Waals surface area contributed by atoms with Crippen molar-refractivity contribution in [1.82, 2.24) is 0 Å². The first-order valence-electron chi connectivity index (χ1n) is 1.13. The summed E-state index contributed by atoms with van der Waals surface area (Å²) in [4.78, 5) is 8.56. The Morgan fingerprint density at radius 1 is 1.71 bits per heavy atom. The van der Waals surface area contributed by atoms with Crippen LogP contribution in [0.4, 0.5) is 4.79 Å². The lowest BCUT2D eigenvalue weighted by molar-refractivity contribution is 0.137. The van der Waals surface area contributed by atoms with Gasteiger partial charge in [-0.25, -0.2) is 4.79 Å². The van der Waals surface area contributed by atoms with E-state index in [0.29, 0.717) is 0 Å². The van der Waals surface area contributed by atoms with E-state index in [4.69, 9.17) is 15.0 Å². The van der Waals surface area contributed by atoms with Crippen molar-refractivity contribution in [3.63, 3.8) is 0 Å². The molecule has 0 aromatic heterocycles. The maximum absolute atomic E-state index is 8.56. The third-order valence-electron chi connectivity index (χ3n) is 0. The number of hydrogen-bond donors (Lipinski definition) is 2. The van der Waals surface area contributed by atoms with Crippen LogP contribution in [0.25, 0.3) is 0 Å². The van der Waals surface area contributed by atoms with Gasteiger partial charge in [0.2, 0.25) is 0 Å². The molecule has 0 unspecified atom stereocenters. The number of rotatable bonds is 0. The summed E-state index contributed by atoms with van der Waals surface area (Å²) in [6.07, 6.45) is 2.75. The molecule has 0 bridgehead atoms. The lowest BCUT2D eigenvalue weighted by atomic mass is 11.4. The van der Waals surface area contributed by atoms with Gasteiger partial charge in [-0.15, -0.1) is 6.42 Å². The molecule has 0 heterocycles. The molecule has 0 aliphatic heterocycles. The van der Waals surface area contributed by atoms with E-state index >= 15 is 0 Å². The van der Waals surface area contributed by atoms with Crippen molar-refractivity contribution >= 4 is 28.7 Å². The van der Waals surface area contributed by atoms with Gasteiger partial charge >= 0.3 is 6.16 Å². The summed E-state index contributed by atoms with van der Waals surface area (Å²) in [5.41, 5.74) is 0. The predicted molar refractivity (Wildman–Crippen MR) is 33.5 cm³/mol. The summed E-state index contributed by atoms with van der Waals surface area (Å²) < 4.78 is 2.22. The van der Waals surface area contributed by atoms with Crippen molar-refractivity contribution in [3.8, 4) is 10.4 Å². The molecule has 0 rings (SSSR count). The Kier molecular flexibility index (Phi) is 12.7. The molecule has 7 heavy (non-hydrogen) atoms. The van der Waals surface area contributed by atoms with Gasteiger partial charge < -0.3 is 10.2 Å². The molecule has 2 N–H and O–H groups in total. The zero-order valence-corrected chi connectivity index (χ0v) is 5.42. The molecular formula is C3H3IO3. The largest absolute Gasteiger partial charge is 0.503 e. The second-order valence-electron chi connectivity index (χ2n) is 0.392. The number of carbonyl (C=O) groups is 1. The molecule has 0 amide bonds. The molecule has 0 aromatic carbocycles. The Morgan fingerprint density at radius 3 is 1.71 bits per heavy atom. The van der Waals surface area contributed by atoms with E-state index in [1.54, 1.807) is 0 Å².